The monoisotopic (exact) mass is 698 g/mol. The lowest BCUT2D eigenvalue weighted by atomic mass is 10.1. The first-order valence-electron chi connectivity index (χ1n) is 17.0. The fourth-order valence-electron chi connectivity index (χ4n) is 7.31. The molecule has 6 N–H and O–H groups in total. The second-order valence-corrected chi connectivity index (χ2v) is 13.3. The van der Waals surface area contributed by atoms with Crippen LogP contribution in [0.4, 0.5) is 11.6 Å². The van der Waals surface area contributed by atoms with Crippen molar-refractivity contribution >= 4 is 34.0 Å². The minimum Gasteiger partial charge on any atom is -0.387 e. The Labute approximate surface area is 284 Å². The van der Waals surface area contributed by atoms with Crippen LogP contribution in [0.5, 0.6) is 0 Å². The number of ether oxygens (including phenoxy) is 2. The Morgan fingerprint density at radius 3 is 1.50 bits per heavy atom. The van der Waals surface area contributed by atoms with Crippen LogP contribution in [0.15, 0.2) is 25.3 Å². The molecule has 8 rings (SSSR count). The molecule has 50 heavy (non-hydrogen) atoms. The van der Waals surface area contributed by atoms with E-state index in [0.29, 0.717) is 46.0 Å². The molecule has 6 heterocycles. The molecule has 0 aromatic carbocycles. The highest BCUT2D eigenvalue weighted by Crippen LogP contribution is 2.35. The van der Waals surface area contributed by atoms with Crippen LogP contribution < -0.4 is 10.6 Å². The summed E-state index contributed by atoms with van der Waals surface area (Å²) < 4.78 is 14.8. The normalized spacial score (nSPS) is 30.5. The summed E-state index contributed by atoms with van der Waals surface area (Å²) in [5.74, 6) is 1.16. The number of aliphatic hydroxyl groups excluding tert-OH is 4. The number of imidazole rings is 2. The Morgan fingerprint density at radius 2 is 1.08 bits per heavy atom. The fraction of sp³-hybridized carbons (Fsp3) is 0.667. The summed E-state index contributed by atoms with van der Waals surface area (Å²) >= 11 is 0. The predicted molar refractivity (Wildman–Crippen MR) is 170 cm³/mol. The molecule has 20 nitrogen and oxygen atoms in total. The number of aromatic nitrogens is 8. The van der Waals surface area contributed by atoms with Gasteiger partial charge in [0.1, 0.15) is 54.2 Å². The summed E-state index contributed by atoms with van der Waals surface area (Å²) in [6.45, 7) is -0.961. The molecule has 0 amide bonds. The Balaban J connectivity index is 0.858. The van der Waals surface area contributed by atoms with Crippen LogP contribution in [0.1, 0.15) is 63.8 Å². The van der Waals surface area contributed by atoms with Gasteiger partial charge >= 0.3 is 5.09 Å². The van der Waals surface area contributed by atoms with Crippen LogP contribution in [-0.2, 0) is 19.1 Å². The zero-order valence-corrected chi connectivity index (χ0v) is 27.0. The van der Waals surface area contributed by atoms with Gasteiger partial charge in [-0.3, -0.25) is 9.13 Å². The number of nitrogens with zero attached hydrogens (tertiary/aromatic N) is 9. The molecule has 2 saturated carbocycles. The average molecular weight is 699 g/mol. The molecule has 8 unspecified atom stereocenters. The minimum absolute atomic E-state index is 0.201. The van der Waals surface area contributed by atoms with Crippen LogP contribution in [0, 0.1) is 4.91 Å². The number of fused-ring (bicyclic) bond motifs is 2. The lowest BCUT2D eigenvalue weighted by Gasteiger charge is -2.17. The van der Waals surface area contributed by atoms with Gasteiger partial charge in [-0.05, 0) is 25.7 Å². The molecule has 0 radical (unpaired) electrons. The molecule has 4 aromatic rings. The maximum Gasteiger partial charge on any atom is 0.477 e. The van der Waals surface area contributed by atoms with Crippen LogP contribution in [0.2, 0.25) is 0 Å². The first-order valence-corrected chi connectivity index (χ1v) is 17.0. The third kappa shape index (κ3) is 6.15. The van der Waals surface area contributed by atoms with Gasteiger partial charge in [-0.1, -0.05) is 25.7 Å². The van der Waals surface area contributed by atoms with Gasteiger partial charge in [-0.2, -0.15) is 9.68 Å². The Hall–Kier alpha value is -4.34. The maximum atomic E-state index is 12.5. The topological polar surface area (TPSA) is 249 Å². The van der Waals surface area contributed by atoms with Gasteiger partial charge in [-0.15, -0.1) is 0 Å². The first kappa shape index (κ1) is 32.8. The van der Waals surface area contributed by atoms with Crippen molar-refractivity contribution in [1.29, 1.82) is 0 Å². The molecule has 268 valence electrons. The van der Waals surface area contributed by atoms with Crippen molar-refractivity contribution in [2.45, 2.75) is 113 Å². The van der Waals surface area contributed by atoms with E-state index < -0.39 is 62.3 Å². The van der Waals surface area contributed by atoms with E-state index >= 15 is 0 Å². The van der Waals surface area contributed by atoms with Gasteiger partial charge in [-0.25, -0.2) is 29.9 Å². The highest BCUT2D eigenvalue weighted by Gasteiger charge is 2.48. The second kappa shape index (κ2) is 13.8. The van der Waals surface area contributed by atoms with E-state index in [2.05, 4.69) is 40.5 Å². The molecule has 4 aromatic heterocycles. The highest BCUT2D eigenvalue weighted by molar-refractivity contribution is 5.83. The van der Waals surface area contributed by atoms with E-state index in [9.17, 15) is 25.3 Å². The summed E-state index contributed by atoms with van der Waals surface area (Å²) in [4.78, 5) is 48.8. The van der Waals surface area contributed by atoms with Gasteiger partial charge in [0.15, 0.2) is 59.6 Å². The third-order valence-corrected chi connectivity index (χ3v) is 10.0. The van der Waals surface area contributed by atoms with E-state index in [4.69, 9.17) is 19.1 Å². The van der Waals surface area contributed by atoms with E-state index in [0.717, 1.165) is 51.4 Å². The second-order valence-electron chi connectivity index (χ2n) is 13.3. The van der Waals surface area contributed by atoms with Crippen LogP contribution in [-0.4, -0.2) is 126 Å². The van der Waals surface area contributed by atoms with E-state index in [1.54, 1.807) is 0 Å². The summed E-state index contributed by atoms with van der Waals surface area (Å²) in [7, 11) is 0. The lowest BCUT2D eigenvalue weighted by molar-refractivity contribution is -0.982. The summed E-state index contributed by atoms with van der Waals surface area (Å²) in [5, 5.41) is 49.7. The molecule has 4 aliphatic rings. The summed E-state index contributed by atoms with van der Waals surface area (Å²) in [5.41, 5.74) is 1.81. The fourth-order valence-corrected chi connectivity index (χ4v) is 7.31. The Kier molecular flexibility index (Phi) is 9.04. The molecule has 0 bridgehead atoms. The van der Waals surface area contributed by atoms with Crippen molar-refractivity contribution in [3.05, 3.63) is 30.2 Å². The Morgan fingerprint density at radius 1 is 0.660 bits per heavy atom. The van der Waals surface area contributed by atoms with Gasteiger partial charge in [0.2, 0.25) is 0 Å². The average Bonchev–Trinajstić information content (AvgIpc) is 3.98. The molecular formula is C30H40N11O9+. The quantitative estimate of drug-likeness (QED) is 0.109. The number of nitrogens with one attached hydrogen (secondary N) is 2. The van der Waals surface area contributed by atoms with Gasteiger partial charge < -0.3 is 40.5 Å². The SMILES string of the molecule is O=[N+](OCC1OC(n2cnc3c(NC4CCCC4)ncnc32)C(O)C1O)OCC1OC(n2cnc3c(NC4CCCC4)ncnc32)C(O)C1O. The maximum absolute atomic E-state index is 12.5. The highest BCUT2D eigenvalue weighted by atomic mass is 17.0. The number of anilines is 2. The number of rotatable bonds is 12. The predicted octanol–water partition coefficient (Wildman–Crippen LogP) is 0.256. The number of hydrogen-bond acceptors (Lipinski definition) is 17. The smallest absolute Gasteiger partial charge is 0.387 e. The van der Waals surface area contributed by atoms with Crippen molar-refractivity contribution in [2.24, 2.45) is 0 Å². The molecule has 20 heteroatoms. The van der Waals surface area contributed by atoms with E-state index in [1.165, 1.54) is 34.4 Å². The minimum atomic E-state index is -1.41. The molecule has 4 fully saturated rings. The molecular weight excluding hydrogens is 658 g/mol. The molecule has 8 atom stereocenters. The van der Waals surface area contributed by atoms with Gasteiger partial charge in [0.25, 0.3) is 0 Å². The first-order chi connectivity index (χ1) is 24.4. The van der Waals surface area contributed by atoms with Gasteiger partial charge in [0, 0.05) is 12.1 Å². The molecule has 2 aliphatic carbocycles. The van der Waals surface area contributed by atoms with Crippen LogP contribution >= 0.6 is 0 Å². The van der Waals surface area contributed by atoms with Crippen molar-refractivity contribution in [3.63, 3.8) is 0 Å². The Bertz CT molecular complexity index is 1690. The number of aliphatic hydroxyl groups is 4. The number of hydrogen-bond donors (Lipinski definition) is 6. The van der Waals surface area contributed by atoms with Crippen LogP contribution in [0.25, 0.3) is 22.3 Å². The molecule has 2 saturated heterocycles. The van der Waals surface area contributed by atoms with Crippen molar-refractivity contribution < 1.29 is 44.7 Å². The molecule has 2 aliphatic heterocycles. The van der Waals surface area contributed by atoms with Gasteiger partial charge in [0.05, 0.1) is 12.7 Å². The van der Waals surface area contributed by atoms with E-state index in [1.807, 2.05) is 0 Å². The zero-order valence-electron chi connectivity index (χ0n) is 27.0. The van der Waals surface area contributed by atoms with Crippen molar-refractivity contribution in [3.8, 4) is 0 Å². The largest absolute Gasteiger partial charge is 0.477 e. The lowest BCUT2D eigenvalue weighted by Crippen LogP contribution is -2.36. The zero-order chi connectivity index (χ0) is 34.4. The van der Waals surface area contributed by atoms with Crippen molar-refractivity contribution in [1.82, 2.24) is 39.0 Å². The standard InChI is InChI=1S/C30H40N11O9/c42-21-17(49-29(23(21)44)39-13-35-19-25(31-11-33-27(19)39)37-15-5-1-2-6-15)9-47-41(46)48-10-18-22(43)24(45)30(50-18)40-14-36-20-26(32-12-34-28(20)40)38-16-7-3-4-8-16/h11-18,21-24,29-30,42-45H,1-10H2,(H,31,33,37)(H,32,34,38)/q+1. The summed E-state index contributed by atoms with van der Waals surface area (Å²) in [6.07, 6.45) is 4.47. The third-order valence-electron chi connectivity index (χ3n) is 10.0. The van der Waals surface area contributed by atoms with Crippen LogP contribution in [0.3, 0.4) is 0 Å². The van der Waals surface area contributed by atoms with E-state index in [-0.39, 0.29) is 5.09 Å². The molecule has 0 spiro atoms. The van der Waals surface area contributed by atoms with Crippen molar-refractivity contribution in [2.75, 3.05) is 23.8 Å². The summed E-state index contributed by atoms with van der Waals surface area (Å²) in [6, 6.07) is 0.595.